The van der Waals surface area contributed by atoms with Crippen molar-refractivity contribution in [3.8, 4) is 0 Å². The van der Waals surface area contributed by atoms with E-state index >= 15 is 0 Å². The summed E-state index contributed by atoms with van der Waals surface area (Å²) in [4.78, 5) is 31.1. The minimum atomic E-state index is -0.537. The molecule has 0 bridgehead atoms. The number of thiazole rings is 1. The highest BCUT2D eigenvalue weighted by Crippen LogP contribution is 2.11. The summed E-state index contributed by atoms with van der Waals surface area (Å²) >= 11 is 1.06. The Labute approximate surface area is 118 Å². The third kappa shape index (κ3) is 3.38. The molecule has 0 spiro atoms. The second-order valence-electron chi connectivity index (χ2n) is 3.67. The number of amides is 1. The van der Waals surface area contributed by atoms with Crippen LogP contribution < -0.4 is 5.32 Å². The van der Waals surface area contributed by atoms with Crippen LogP contribution in [0.2, 0.25) is 0 Å². The molecule has 0 saturated carbocycles. The van der Waals surface area contributed by atoms with E-state index in [0.717, 1.165) is 11.3 Å². The number of hydrogen-bond donors (Lipinski definition) is 1. The fraction of sp³-hybridized carbons (Fsp3) is 0.364. The summed E-state index contributed by atoms with van der Waals surface area (Å²) in [6.45, 7) is 3.75. The van der Waals surface area contributed by atoms with Crippen LogP contribution in [0.5, 0.6) is 0 Å². The van der Waals surface area contributed by atoms with Crippen LogP contribution in [0, 0.1) is 6.92 Å². The first-order chi connectivity index (χ1) is 9.60. The average Bonchev–Trinajstić information content (AvgIpc) is 3.05. The average molecular weight is 296 g/mol. The van der Waals surface area contributed by atoms with E-state index in [4.69, 9.17) is 9.26 Å². The Bertz CT molecular complexity index is 621. The predicted molar refractivity (Wildman–Crippen MR) is 68.3 cm³/mol. The predicted octanol–water partition coefficient (Wildman–Crippen LogP) is 0.941. The van der Waals surface area contributed by atoms with Crippen LogP contribution in [0.3, 0.4) is 0 Å². The maximum Gasteiger partial charge on any atom is 0.367 e. The Hall–Kier alpha value is -2.29. The minimum Gasteiger partial charge on any atom is -0.461 e. The van der Waals surface area contributed by atoms with E-state index in [1.54, 1.807) is 13.8 Å². The van der Waals surface area contributed by atoms with Gasteiger partial charge in [-0.15, -0.1) is 11.3 Å². The Morgan fingerprint density at radius 1 is 1.45 bits per heavy atom. The Morgan fingerprint density at radius 3 is 2.90 bits per heavy atom. The summed E-state index contributed by atoms with van der Waals surface area (Å²) in [7, 11) is 0. The lowest BCUT2D eigenvalue weighted by molar-refractivity contribution is 0.0526. The lowest BCUT2D eigenvalue weighted by Gasteiger charge is -1.98. The molecule has 1 amide bonds. The fourth-order valence-electron chi connectivity index (χ4n) is 1.33. The molecule has 0 saturated heterocycles. The van der Waals surface area contributed by atoms with E-state index in [0.29, 0.717) is 11.7 Å². The van der Waals surface area contributed by atoms with Crippen molar-refractivity contribution in [3.63, 3.8) is 0 Å². The van der Waals surface area contributed by atoms with Crippen molar-refractivity contribution in [3.05, 3.63) is 27.8 Å². The fourth-order valence-corrected chi connectivity index (χ4v) is 2.02. The molecule has 2 heterocycles. The molecule has 20 heavy (non-hydrogen) atoms. The molecule has 0 aliphatic rings. The molecule has 0 fully saturated rings. The van der Waals surface area contributed by atoms with Crippen molar-refractivity contribution in [2.45, 2.75) is 20.4 Å². The quantitative estimate of drug-likeness (QED) is 0.818. The van der Waals surface area contributed by atoms with E-state index in [2.05, 4.69) is 20.4 Å². The Kier molecular flexibility index (Phi) is 4.41. The van der Waals surface area contributed by atoms with Gasteiger partial charge in [0.05, 0.1) is 13.2 Å². The number of aryl methyl sites for hydroxylation is 1. The van der Waals surface area contributed by atoms with Gasteiger partial charge in [0, 0.05) is 12.3 Å². The van der Waals surface area contributed by atoms with Gasteiger partial charge in [0.2, 0.25) is 10.9 Å². The third-order valence-electron chi connectivity index (χ3n) is 2.16. The molecule has 8 nitrogen and oxygen atoms in total. The first-order valence-corrected chi connectivity index (χ1v) is 6.68. The van der Waals surface area contributed by atoms with Crippen LogP contribution >= 0.6 is 11.3 Å². The van der Waals surface area contributed by atoms with E-state index < -0.39 is 11.9 Å². The molecule has 106 valence electrons. The van der Waals surface area contributed by atoms with Crippen molar-refractivity contribution in [1.29, 1.82) is 0 Å². The number of hydrogen-bond acceptors (Lipinski definition) is 8. The number of esters is 1. The number of ether oxygens (including phenoxy) is 1. The molecule has 2 aromatic rings. The minimum absolute atomic E-state index is 0.127. The number of nitrogens with zero attached hydrogens (tertiary/aromatic N) is 3. The zero-order valence-corrected chi connectivity index (χ0v) is 11.7. The van der Waals surface area contributed by atoms with Crippen LogP contribution in [0.25, 0.3) is 0 Å². The van der Waals surface area contributed by atoms with Gasteiger partial charge >= 0.3 is 5.97 Å². The van der Waals surface area contributed by atoms with Crippen molar-refractivity contribution >= 4 is 23.2 Å². The maximum atomic E-state index is 11.8. The van der Waals surface area contributed by atoms with E-state index in [9.17, 15) is 9.59 Å². The first-order valence-electron chi connectivity index (χ1n) is 5.80. The topological polar surface area (TPSA) is 107 Å². The molecule has 0 aliphatic heterocycles. The van der Waals surface area contributed by atoms with Gasteiger partial charge in [0.15, 0.2) is 5.82 Å². The maximum absolute atomic E-state index is 11.8. The Morgan fingerprint density at radius 2 is 2.25 bits per heavy atom. The molecule has 0 unspecified atom stereocenters. The zero-order valence-electron chi connectivity index (χ0n) is 10.9. The lowest BCUT2D eigenvalue weighted by Crippen LogP contribution is -2.24. The van der Waals surface area contributed by atoms with Gasteiger partial charge in [-0.2, -0.15) is 4.98 Å². The molecular weight excluding hydrogens is 284 g/mol. The summed E-state index contributed by atoms with van der Waals surface area (Å²) in [6, 6.07) is 0. The van der Waals surface area contributed by atoms with Crippen LogP contribution in [-0.4, -0.2) is 33.6 Å². The van der Waals surface area contributed by atoms with Crippen LogP contribution in [0.1, 0.15) is 38.9 Å². The molecule has 0 radical (unpaired) electrons. The normalized spacial score (nSPS) is 10.3. The molecule has 0 aliphatic carbocycles. The highest BCUT2D eigenvalue weighted by Gasteiger charge is 2.16. The summed E-state index contributed by atoms with van der Waals surface area (Å²) in [5, 5.41) is 7.86. The Balaban J connectivity index is 1.94. The van der Waals surface area contributed by atoms with Crippen molar-refractivity contribution in [2.75, 3.05) is 6.61 Å². The van der Waals surface area contributed by atoms with Crippen molar-refractivity contribution in [2.24, 2.45) is 0 Å². The third-order valence-corrected chi connectivity index (χ3v) is 2.99. The number of rotatable bonds is 5. The number of nitrogens with one attached hydrogen (secondary N) is 1. The van der Waals surface area contributed by atoms with E-state index in [1.807, 2.05) is 0 Å². The largest absolute Gasteiger partial charge is 0.461 e. The molecule has 1 N–H and O–H groups in total. The monoisotopic (exact) mass is 296 g/mol. The second kappa shape index (κ2) is 6.24. The van der Waals surface area contributed by atoms with Crippen molar-refractivity contribution in [1.82, 2.24) is 20.4 Å². The molecule has 2 aromatic heterocycles. The summed E-state index contributed by atoms with van der Waals surface area (Å²) in [6.07, 6.45) is 0. The standard InChI is InChI=1S/C11H12N4O4S/c1-3-18-11(17)10-14-7(5-20-10)9(16)12-4-8-13-6(2)19-15-8/h5H,3-4H2,1-2H3,(H,12,16). The molecule has 0 aromatic carbocycles. The SMILES string of the molecule is CCOC(=O)c1nc(C(=O)NCc2noc(C)n2)cs1. The van der Waals surface area contributed by atoms with Gasteiger partial charge in [0.1, 0.15) is 5.69 Å². The van der Waals surface area contributed by atoms with Crippen LogP contribution in [0.4, 0.5) is 0 Å². The van der Waals surface area contributed by atoms with Crippen molar-refractivity contribution < 1.29 is 18.8 Å². The van der Waals surface area contributed by atoms with Crippen LogP contribution in [-0.2, 0) is 11.3 Å². The lowest BCUT2D eigenvalue weighted by atomic mass is 10.4. The van der Waals surface area contributed by atoms with Gasteiger partial charge in [-0.3, -0.25) is 4.79 Å². The second-order valence-corrected chi connectivity index (χ2v) is 4.53. The van der Waals surface area contributed by atoms with Gasteiger partial charge < -0.3 is 14.6 Å². The van der Waals surface area contributed by atoms with Gasteiger partial charge in [-0.25, -0.2) is 9.78 Å². The molecule has 2 rings (SSSR count). The summed E-state index contributed by atoms with van der Waals surface area (Å²) < 4.78 is 9.58. The van der Waals surface area contributed by atoms with E-state index in [-0.39, 0.29) is 23.9 Å². The van der Waals surface area contributed by atoms with Gasteiger partial charge in [-0.1, -0.05) is 5.16 Å². The van der Waals surface area contributed by atoms with Gasteiger partial charge in [-0.05, 0) is 6.92 Å². The summed E-state index contributed by atoms with van der Waals surface area (Å²) in [5.74, 6) is -0.159. The first kappa shape index (κ1) is 14.1. The smallest absolute Gasteiger partial charge is 0.367 e. The molecule has 0 atom stereocenters. The van der Waals surface area contributed by atoms with E-state index in [1.165, 1.54) is 5.38 Å². The van der Waals surface area contributed by atoms with Crippen LogP contribution in [0.15, 0.2) is 9.90 Å². The number of aromatic nitrogens is 3. The highest BCUT2D eigenvalue weighted by atomic mass is 32.1. The zero-order chi connectivity index (χ0) is 14.5. The highest BCUT2D eigenvalue weighted by molar-refractivity contribution is 7.11. The summed E-state index contributed by atoms with van der Waals surface area (Å²) in [5.41, 5.74) is 0.151. The molecular formula is C11H12N4O4S. The number of carbonyl (C=O) groups is 2. The number of carbonyl (C=O) groups excluding carboxylic acids is 2. The molecule has 9 heteroatoms. The van der Waals surface area contributed by atoms with Gasteiger partial charge in [0.25, 0.3) is 5.91 Å².